The first-order chi connectivity index (χ1) is 11.1. The monoisotopic (exact) mass is 311 g/mol. The molecule has 1 unspecified atom stereocenters. The van der Waals surface area contributed by atoms with Gasteiger partial charge in [0.1, 0.15) is 0 Å². The van der Waals surface area contributed by atoms with E-state index in [9.17, 15) is 0 Å². The molecule has 0 radical (unpaired) electrons. The lowest BCUT2D eigenvalue weighted by atomic mass is 9.94. The third kappa shape index (κ3) is 2.86. The summed E-state index contributed by atoms with van der Waals surface area (Å²) in [7, 11) is 3.30. The van der Waals surface area contributed by atoms with Gasteiger partial charge in [0.2, 0.25) is 0 Å². The Kier molecular flexibility index (Phi) is 4.19. The van der Waals surface area contributed by atoms with E-state index in [1.807, 2.05) is 23.0 Å². The zero-order chi connectivity index (χ0) is 16.4. The van der Waals surface area contributed by atoms with Gasteiger partial charge in [-0.1, -0.05) is 31.2 Å². The van der Waals surface area contributed by atoms with E-state index in [2.05, 4.69) is 42.4 Å². The molecule has 5 nitrogen and oxygen atoms in total. The van der Waals surface area contributed by atoms with Crippen LogP contribution in [0.3, 0.4) is 0 Å². The fourth-order valence-electron chi connectivity index (χ4n) is 2.99. The van der Waals surface area contributed by atoms with Gasteiger partial charge in [-0.25, -0.2) is 4.68 Å². The molecular weight excluding hydrogens is 290 g/mol. The number of fused-ring (bicyclic) bond motifs is 1. The minimum atomic E-state index is 0.148. The highest BCUT2D eigenvalue weighted by molar-refractivity contribution is 5.86. The molecule has 120 valence electrons. The van der Waals surface area contributed by atoms with Gasteiger partial charge in [0.05, 0.1) is 26.5 Å². The molecule has 0 aliphatic carbocycles. The molecule has 1 heterocycles. The van der Waals surface area contributed by atoms with Gasteiger partial charge in [-0.3, -0.25) is 0 Å². The third-order valence-corrected chi connectivity index (χ3v) is 4.07. The second-order valence-corrected chi connectivity index (χ2v) is 5.89. The van der Waals surface area contributed by atoms with Crippen LogP contribution in [0.2, 0.25) is 0 Å². The van der Waals surface area contributed by atoms with E-state index >= 15 is 0 Å². The first kappa shape index (κ1) is 15.3. The van der Waals surface area contributed by atoms with Gasteiger partial charge in [0.25, 0.3) is 0 Å². The highest BCUT2D eigenvalue weighted by Crippen LogP contribution is 2.34. The van der Waals surface area contributed by atoms with Crippen LogP contribution in [0.4, 0.5) is 0 Å². The molecule has 3 rings (SSSR count). The number of rotatable bonds is 5. The van der Waals surface area contributed by atoms with Crippen LogP contribution in [0.25, 0.3) is 10.8 Å². The standard InChI is InChI=1S/C18H21N3O2/c1-12(2)18(21-8-7-19-20-21)14-6-5-13-10-16(22-3)17(23-4)11-15(13)9-14/h5-12,18H,1-4H3. The second-order valence-electron chi connectivity index (χ2n) is 5.89. The number of aromatic nitrogens is 3. The van der Waals surface area contributed by atoms with Crippen molar-refractivity contribution >= 4 is 10.8 Å². The Morgan fingerprint density at radius 3 is 2.22 bits per heavy atom. The van der Waals surface area contributed by atoms with E-state index in [1.165, 1.54) is 5.56 Å². The first-order valence-corrected chi connectivity index (χ1v) is 7.65. The normalized spacial score (nSPS) is 12.6. The SMILES string of the molecule is COc1cc2ccc(C(C(C)C)n3ccnn3)cc2cc1OC. The van der Waals surface area contributed by atoms with E-state index < -0.39 is 0 Å². The van der Waals surface area contributed by atoms with Crippen LogP contribution in [0.15, 0.2) is 42.7 Å². The summed E-state index contributed by atoms with van der Waals surface area (Å²) in [6, 6.07) is 10.6. The number of ether oxygens (including phenoxy) is 2. The van der Waals surface area contributed by atoms with E-state index in [4.69, 9.17) is 9.47 Å². The smallest absolute Gasteiger partial charge is 0.161 e. The van der Waals surface area contributed by atoms with Crippen LogP contribution in [0, 0.1) is 5.92 Å². The summed E-state index contributed by atoms with van der Waals surface area (Å²) >= 11 is 0. The van der Waals surface area contributed by atoms with Crippen LogP contribution in [-0.2, 0) is 0 Å². The molecule has 0 aliphatic rings. The number of hydrogen-bond acceptors (Lipinski definition) is 4. The maximum absolute atomic E-state index is 5.41. The Morgan fingerprint density at radius 2 is 1.65 bits per heavy atom. The molecule has 0 amide bonds. The summed E-state index contributed by atoms with van der Waals surface area (Å²) in [5, 5.41) is 10.4. The fourth-order valence-corrected chi connectivity index (χ4v) is 2.99. The predicted molar refractivity (Wildman–Crippen MR) is 90.1 cm³/mol. The highest BCUT2D eigenvalue weighted by Gasteiger charge is 2.19. The highest BCUT2D eigenvalue weighted by atomic mass is 16.5. The van der Waals surface area contributed by atoms with Crippen molar-refractivity contribution in [2.75, 3.05) is 14.2 Å². The number of hydrogen-bond donors (Lipinski definition) is 0. The number of benzene rings is 2. The van der Waals surface area contributed by atoms with Gasteiger partial charge < -0.3 is 9.47 Å². The zero-order valence-corrected chi connectivity index (χ0v) is 13.9. The molecule has 3 aromatic rings. The quantitative estimate of drug-likeness (QED) is 0.721. The second kappa shape index (κ2) is 6.28. The Balaban J connectivity index is 2.11. The van der Waals surface area contributed by atoms with Crippen LogP contribution < -0.4 is 9.47 Å². The lowest BCUT2D eigenvalue weighted by Crippen LogP contribution is -2.17. The van der Waals surface area contributed by atoms with Gasteiger partial charge in [0.15, 0.2) is 11.5 Å². The molecule has 0 N–H and O–H groups in total. The van der Waals surface area contributed by atoms with Crippen molar-refractivity contribution < 1.29 is 9.47 Å². The molecular formula is C18H21N3O2. The molecule has 0 spiro atoms. The zero-order valence-electron chi connectivity index (χ0n) is 13.9. The summed E-state index contributed by atoms with van der Waals surface area (Å²) in [6.45, 7) is 4.37. The Morgan fingerprint density at radius 1 is 0.957 bits per heavy atom. The lowest BCUT2D eigenvalue weighted by Gasteiger charge is -2.22. The lowest BCUT2D eigenvalue weighted by molar-refractivity contribution is 0.356. The van der Waals surface area contributed by atoms with E-state index in [-0.39, 0.29) is 6.04 Å². The minimum absolute atomic E-state index is 0.148. The van der Waals surface area contributed by atoms with Crippen molar-refractivity contribution in [3.8, 4) is 11.5 Å². The molecule has 0 aliphatic heterocycles. The van der Waals surface area contributed by atoms with Crippen LogP contribution in [0.1, 0.15) is 25.5 Å². The van der Waals surface area contributed by atoms with Gasteiger partial charge >= 0.3 is 0 Å². The molecule has 23 heavy (non-hydrogen) atoms. The van der Waals surface area contributed by atoms with Crippen molar-refractivity contribution in [1.29, 1.82) is 0 Å². The Labute approximate surface area is 135 Å². The molecule has 0 saturated carbocycles. The maximum Gasteiger partial charge on any atom is 0.161 e. The third-order valence-electron chi connectivity index (χ3n) is 4.07. The van der Waals surface area contributed by atoms with Crippen LogP contribution >= 0.6 is 0 Å². The summed E-state index contributed by atoms with van der Waals surface area (Å²) in [6.07, 6.45) is 3.62. The Bertz CT molecular complexity index is 797. The molecule has 2 aromatic carbocycles. The van der Waals surface area contributed by atoms with Gasteiger partial charge in [-0.2, -0.15) is 0 Å². The van der Waals surface area contributed by atoms with Gasteiger partial charge in [-0.15, -0.1) is 5.10 Å². The molecule has 0 saturated heterocycles. The molecule has 1 atom stereocenters. The van der Waals surface area contributed by atoms with E-state index in [1.54, 1.807) is 20.4 Å². The topological polar surface area (TPSA) is 49.2 Å². The van der Waals surface area contributed by atoms with Gasteiger partial charge in [-0.05, 0) is 40.5 Å². The largest absolute Gasteiger partial charge is 0.493 e. The first-order valence-electron chi connectivity index (χ1n) is 7.65. The minimum Gasteiger partial charge on any atom is -0.493 e. The van der Waals surface area contributed by atoms with Crippen molar-refractivity contribution in [2.24, 2.45) is 5.92 Å². The fraction of sp³-hybridized carbons (Fsp3) is 0.333. The number of nitrogens with zero attached hydrogens (tertiary/aromatic N) is 3. The summed E-state index contributed by atoms with van der Waals surface area (Å²) in [4.78, 5) is 0. The van der Waals surface area contributed by atoms with Gasteiger partial charge in [0, 0.05) is 6.20 Å². The average Bonchev–Trinajstić information content (AvgIpc) is 3.07. The summed E-state index contributed by atoms with van der Waals surface area (Å²) in [5.41, 5.74) is 1.20. The maximum atomic E-state index is 5.41. The van der Waals surface area contributed by atoms with Crippen LogP contribution in [-0.4, -0.2) is 29.2 Å². The van der Waals surface area contributed by atoms with Crippen molar-refractivity contribution in [2.45, 2.75) is 19.9 Å². The Hall–Kier alpha value is -2.56. The van der Waals surface area contributed by atoms with Crippen molar-refractivity contribution in [3.05, 3.63) is 48.3 Å². The summed E-state index contributed by atoms with van der Waals surface area (Å²) in [5.74, 6) is 1.87. The molecule has 0 fully saturated rings. The average molecular weight is 311 g/mol. The molecule has 1 aromatic heterocycles. The van der Waals surface area contributed by atoms with E-state index in [0.29, 0.717) is 5.92 Å². The molecule has 5 heteroatoms. The van der Waals surface area contributed by atoms with Crippen molar-refractivity contribution in [1.82, 2.24) is 15.0 Å². The predicted octanol–water partition coefficient (Wildman–Crippen LogP) is 3.69. The molecule has 0 bridgehead atoms. The number of methoxy groups -OCH3 is 2. The van der Waals surface area contributed by atoms with Crippen LogP contribution in [0.5, 0.6) is 11.5 Å². The van der Waals surface area contributed by atoms with E-state index in [0.717, 1.165) is 22.3 Å². The summed E-state index contributed by atoms with van der Waals surface area (Å²) < 4.78 is 12.7. The van der Waals surface area contributed by atoms with Crippen molar-refractivity contribution in [3.63, 3.8) is 0 Å².